The fourth-order valence-electron chi connectivity index (χ4n) is 1.69. The number of methoxy groups -OCH3 is 1. The number of likely N-dealkylation sites (N-methyl/N-ethyl adjacent to an activating group) is 1. The highest BCUT2D eigenvalue weighted by Gasteiger charge is 2.05. The molecule has 0 amide bonds. The summed E-state index contributed by atoms with van der Waals surface area (Å²) >= 11 is 0. The van der Waals surface area contributed by atoms with E-state index in [-0.39, 0.29) is 0 Å². The maximum atomic E-state index is 5.66. The monoisotopic (exact) mass is 266 g/mol. The molecule has 1 N–H and O–H groups in total. The van der Waals surface area contributed by atoms with Gasteiger partial charge < -0.3 is 19.7 Å². The molecule has 108 valence electrons. The molecule has 0 aliphatic heterocycles. The van der Waals surface area contributed by atoms with Crippen LogP contribution < -0.4 is 10.1 Å². The number of benzene rings is 1. The molecule has 4 nitrogen and oxygen atoms in total. The number of nitrogens with zero attached hydrogens (tertiary/aromatic N) is 1. The largest absolute Gasteiger partial charge is 0.492 e. The maximum absolute atomic E-state index is 5.66. The van der Waals surface area contributed by atoms with E-state index < -0.39 is 0 Å². The predicted molar refractivity (Wildman–Crippen MR) is 80.1 cm³/mol. The van der Waals surface area contributed by atoms with Crippen LogP contribution in [0, 0.1) is 0 Å². The third kappa shape index (κ3) is 6.45. The van der Waals surface area contributed by atoms with E-state index in [4.69, 9.17) is 9.47 Å². The smallest absolute Gasteiger partial charge is 0.119 e. The Morgan fingerprint density at radius 3 is 2.42 bits per heavy atom. The van der Waals surface area contributed by atoms with Crippen LogP contribution in [0.3, 0.4) is 0 Å². The molecular weight excluding hydrogens is 240 g/mol. The summed E-state index contributed by atoms with van der Waals surface area (Å²) in [6.07, 6.45) is 1.04. The molecule has 1 unspecified atom stereocenters. The molecule has 0 aliphatic rings. The van der Waals surface area contributed by atoms with Crippen LogP contribution in [0.25, 0.3) is 0 Å². The summed E-state index contributed by atoms with van der Waals surface area (Å²) in [5.41, 5.74) is 1.10. The number of hydrogen-bond donors (Lipinski definition) is 1. The van der Waals surface area contributed by atoms with Gasteiger partial charge in [-0.3, -0.25) is 0 Å². The molecule has 1 aromatic rings. The van der Waals surface area contributed by atoms with E-state index >= 15 is 0 Å². The molecule has 19 heavy (non-hydrogen) atoms. The van der Waals surface area contributed by atoms with Gasteiger partial charge in [0, 0.05) is 25.4 Å². The average Bonchev–Trinajstić information content (AvgIpc) is 2.39. The first-order valence-electron chi connectivity index (χ1n) is 6.78. The van der Waals surface area contributed by atoms with Gasteiger partial charge in [0.15, 0.2) is 0 Å². The van der Waals surface area contributed by atoms with Crippen LogP contribution in [-0.4, -0.2) is 51.9 Å². The van der Waals surface area contributed by atoms with Gasteiger partial charge in [0.05, 0.1) is 6.61 Å². The number of anilines is 1. The molecule has 0 heterocycles. The van der Waals surface area contributed by atoms with E-state index in [2.05, 4.69) is 17.1 Å². The van der Waals surface area contributed by atoms with Crippen molar-refractivity contribution in [3.8, 4) is 5.75 Å². The molecule has 4 heteroatoms. The SMILES string of the molecule is CCC(COC)Nc1ccc(OCCN(C)C)cc1. The van der Waals surface area contributed by atoms with Gasteiger partial charge in [0.1, 0.15) is 12.4 Å². The maximum Gasteiger partial charge on any atom is 0.119 e. The highest BCUT2D eigenvalue weighted by atomic mass is 16.5. The third-order valence-electron chi connectivity index (χ3n) is 2.89. The number of ether oxygens (including phenoxy) is 2. The van der Waals surface area contributed by atoms with Crippen molar-refractivity contribution in [2.45, 2.75) is 19.4 Å². The summed E-state index contributed by atoms with van der Waals surface area (Å²) < 4.78 is 10.8. The highest BCUT2D eigenvalue weighted by molar-refractivity contribution is 5.47. The van der Waals surface area contributed by atoms with Crippen molar-refractivity contribution < 1.29 is 9.47 Å². The summed E-state index contributed by atoms with van der Waals surface area (Å²) in [5, 5.41) is 3.44. The van der Waals surface area contributed by atoms with Crippen LogP contribution in [0.1, 0.15) is 13.3 Å². The zero-order valence-corrected chi connectivity index (χ0v) is 12.5. The fraction of sp³-hybridized carbons (Fsp3) is 0.600. The van der Waals surface area contributed by atoms with Gasteiger partial charge in [-0.1, -0.05) is 6.92 Å². The molecular formula is C15H26N2O2. The molecule has 1 rings (SSSR count). The fourth-order valence-corrected chi connectivity index (χ4v) is 1.69. The second-order valence-electron chi connectivity index (χ2n) is 4.88. The summed E-state index contributed by atoms with van der Waals surface area (Å²) in [5.74, 6) is 0.909. The number of nitrogens with one attached hydrogen (secondary N) is 1. The molecule has 0 saturated heterocycles. The molecule has 0 aliphatic carbocycles. The van der Waals surface area contributed by atoms with Crippen molar-refractivity contribution in [2.75, 3.05) is 46.3 Å². The quantitative estimate of drug-likeness (QED) is 0.744. The van der Waals surface area contributed by atoms with E-state index in [1.165, 1.54) is 0 Å². The molecule has 1 atom stereocenters. The summed E-state index contributed by atoms with van der Waals surface area (Å²) in [4.78, 5) is 2.10. The minimum Gasteiger partial charge on any atom is -0.492 e. The lowest BCUT2D eigenvalue weighted by Crippen LogP contribution is -2.23. The first-order chi connectivity index (χ1) is 9.15. The molecule has 0 fully saturated rings. The Hall–Kier alpha value is -1.26. The minimum absolute atomic E-state index is 0.352. The first kappa shape index (κ1) is 15.8. The minimum atomic E-state index is 0.352. The molecule has 0 bridgehead atoms. The topological polar surface area (TPSA) is 33.7 Å². The normalized spacial score (nSPS) is 12.5. The van der Waals surface area contributed by atoms with Gasteiger partial charge in [-0.2, -0.15) is 0 Å². The lowest BCUT2D eigenvalue weighted by molar-refractivity contribution is 0.184. The number of hydrogen-bond acceptors (Lipinski definition) is 4. The van der Waals surface area contributed by atoms with E-state index in [0.717, 1.165) is 31.0 Å². The second kappa shape index (κ2) is 8.77. The zero-order chi connectivity index (χ0) is 14.1. The Balaban J connectivity index is 2.42. The molecule has 0 aromatic heterocycles. The first-order valence-corrected chi connectivity index (χ1v) is 6.78. The van der Waals surface area contributed by atoms with Crippen molar-refractivity contribution in [1.29, 1.82) is 0 Å². The van der Waals surface area contributed by atoms with Crippen LogP contribution in [-0.2, 0) is 4.74 Å². The van der Waals surface area contributed by atoms with Gasteiger partial charge in [0.2, 0.25) is 0 Å². The van der Waals surface area contributed by atoms with E-state index in [0.29, 0.717) is 12.6 Å². The van der Waals surface area contributed by atoms with Crippen LogP contribution in [0.4, 0.5) is 5.69 Å². The molecule has 0 spiro atoms. The lowest BCUT2D eigenvalue weighted by Gasteiger charge is -2.17. The van der Waals surface area contributed by atoms with Gasteiger partial charge in [-0.15, -0.1) is 0 Å². The van der Waals surface area contributed by atoms with E-state index in [1.807, 2.05) is 38.4 Å². The van der Waals surface area contributed by atoms with Crippen molar-refractivity contribution in [1.82, 2.24) is 4.90 Å². The molecule has 0 saturated carbocycles. The van der Waals surface area contributed by atoms with Crippen LogP contribution in [0.15, 0.2) is 24.3 Å². The number of rotatable bonds is 9. The van der Waals surface area contributed by atoms with E-state index in [9.17, 15) is 0 Å². The van der Waals surface area contributed by atoms with Crippen LogP contribution in [0.2, 0.25) is 0 Å². The summed E-state index contributed by atoms with van der Waals surface area (Å²) in [7, 11) is 5.81. The predicted octanol–water partition coefficient (Wildman–Crippen LogP) is 2.46. The standard InChI is InChI=1S/C15H26N2O2/c1-5-13(12-18-4)16-14-6-8-15(9-7-14)19-11-10-17(2)3/h6-9,13,16H,5,10-12H2,1-4H3. The zero-order valence-electron chi connectivity index (χ0n) is 12.5. The third-order valence-corrected chi connectivity index (χ3v) is 2.89. The van der Waals surface area contributed by atoms with Crippen LogP contribution >= 0.6 is 0 Å². The van der Waals surface area contributed by atoms with Crippen molar-refractivity contribution in [2.24, 2.45) is 0 Å². The summed E-state index contributed by atoms with van der Waals surface area (Å²) in [6, 6.07) is 8.44. The Labute approximate surface area is 116 Å². The highest BCUT2D eigenvalue weighted by Crippen LogP contribution is 2.17. The average molecular weight is 266 g/mol. The lowest BCUT2D eigenvalue weighted by atomic mass is 10.2. The van der Waals surface area contributed by atoms with Gasteiger partial charge in [0.25, 0.3) is 0 Å². The Morgan fingerprint density at radius 2 is 1.89 bits per heavy atom. The molecule has 1 aromatic carbocycles. The van der Waals surface area contributed by atoms with Gasteiger partial charge in [-0.25, -0.2) is 0 Å². The van der Waals surface area contributed by atoms with Gasteiger partial charge in [-0.05, 0) is 44.8 Å². The Kier molecular flexibility index (Phi) is 7.30. The Bertz CT molecular complexity index is 339. The van der Waals surface area contributed by atoms with Crippen LogP contribution in [0.5, 0.6) is 5.75 Å². The van der Waals surface area contributed by atoms with Crippen molar-refractivity contribution in [3.05, 3.63) is 24.3 Å². The molecule has 0 radical (unpaired) electrons. The van der Waals surface area contributed by atoms with Gasteiger partial charge >= 0.3 is 0 Å². The second-order valence-corrected chi connectivity index (χ2v) is 4.88. The summed E-state index contributed by atoms with van der Waals surface area (Å²) in [6.45, 7) is 4.50. The van der Waals surface area contributed by atoms with Crippen molar-refractivity contribution >= 4 is 5.69 Å². The van der Waals surface area contributed by atoms with E-state index in [1.54, 1.807) is 7.11 Å². The Morgan fingerprint density at radius 1 is 1.21 bits per heavy atom. The van der Waals surface area contributed by atoms with Crippen molar-refractivity contribution in [3.63, 3.8) is 0 Å².